The zero-order chi connectivity index (χ0) is 18.9. The zero-order valence-corrected chi connectivity index (χ0v) is 15.0. The molecule has 0 radical (unpaired) electrons. The molecular formula is C18H19ClF3N3O. The Morgan fingerprint density at radius 1 is 1.35 bits per heavy atom. The van der Waals surface area contributed by atoms with Gasteiger partial charge in [0, 0.05) is 42.2 Å². The van der Waals surface area contributed by atoms with Gasteiger partial charge in [0.2, 0.25) is 0 Å². The van der Waals surface area contributed by atoms with Crippen LogP contribution >= 0.6 is 11.6 Å². The Bertz CT molecular complexity index is 799. The number of carbonyl (C=O) groups excluding carboxylic acids is 1. The van der Waals surface area contributed by atoms with Gasteiger partial charge in [-0.2, -0.15) is 18.3 Å². The molecule has 1 aromatic carbocycles. The summed E-state index contributed by atoms with van der Waals surface area (Å²) in [4.78, 5) is 12.4. The fourth-order valence-electron chi connectivity index (χ4n) is 3.26. The van der Waals surface area contributed by atoms with Crippen molar-refractivity contribution in [1.29, 1.82) is 0 Å². The molecule has 0 amide bonds. The lowest BCUT2D eigenvalue weighted by Crippen LogP contribution is -2.26. The summed E-state index contributed by atoms with van der Waals surface area (Å²) < 4.78 is 40.8. The van der Waals surface area contributed by atoms with Crippen LogP contribution in [-0.2, 0) is 30.5 Å². The maximum Gasteiger partial charge on any atom is 0.435 e. The summed E-state index contributed by atoms with van der Waals surface area (Å²) in [6, 6.07) is 7.21. The van der Waals surface area contributed by atoms with Gasteiger partial charge in [-0.05, 0) is 23.6 Å². The number of benzene rings is 1. The number of aromatic nitrogens is 2. The number of fused-ring (bicyclic) bond motifs is 1. The lowest BCUT2D eigenvalue weighted by atomic mass is 9.96. The van der Waals surface area contributed by atoms with Crippen LogP contribution in [0.3, 0.4) is 0 Å². The van der Waals surface area contributed by atoms with Crippen molar-refractivity contribution in [1.82, 2.24) is 15.1 Å². The Balaban J connectivity index is 1.75. The number of halogens is 4. The van der Waals surface area contributed by atoms with E-state index in [1.165, 1.54) is 4.68 Å². The van der Waals surface area contributed by atoms with Crippen molar-refractivity contribution >= 4 is 17.4 Å². The molecule has 140 valence electrons. The van der Waals surface area contributed by atoms with E-state index < -0.39 is 11.9 Å². The van der Waals surface area contributed by atoms with Gasteiger partial charge in [0.1, 0.15) is 0 Å². The molecule has 0 fully saturated rings. The van der Waals surface area contributed by atoms with Crippen LogP contribution < -0.4 is 5.32 Å². The summed E-state index contributed by atoms with van der Waals surface area (Å²) in [7, 11) is 0. The van der Waals surface area contributed by atoms with Crippen molar-refractivity contribution in [2.75, 3.05) is 6.54 Å². The molecule has 0 bridgehead atoms. The largest absolute Gasteiger partial charge is 0.435 e. The summed E-state index contributed by atoms with van der Waals surface area (Å²) in [6.07, 6.45) is -3.86. The summed E-state index contributed by atoms with van der Waals surface area (Å²) in [5.41, 5.74) is 0.731. The fraction of sp³-hybridized carbons (Fsp3) is 0.444. The topological polar surface area (TPSA) is 46.9 Å². The van der Waals surface area contributed by atoms with E-state index in [9.17, 15) is 18.0 Å². The van der Waals surface area contributed by atoms with Crippen LogP contribution in [0.2, 0.25) is 5.02 Å². The number of carbonyl (C=O) groups is 1. The summed E-state index contributed by atoms with van der Waals surface area (Å²) in [5, 5.41) is 7.25. The second-order valence-electron chi connectivity index (χ2n) is 6.55. The molecule has 0 saturated heterocycles. The molecule has 2 heterocycles. The van der Waals surface area contributed by atoms with Crippen molar-refractivity contribution in [3.8, 4) is 0 Å². The SMILES string of the molecule is CC(CC(=O)Cn1nc(C(F)(F)F)c2c1CCNC2)c1ccc(Cl)cc1. The van der Waals surface area contributed by atoms with Gasteiger partial charge in [0.05, 0.1) is 6.54 Å². The van der Waals surface area contributed by atoms with Gasteiger partial charge in [-0.1, -0.05) is 30.7 Å². The van der Waals surface area contributed by atoms with Crippen LogP contribution in [0.25, 0.3) is 0 Å². The Morgan fingerprint density at radius 2 is 2.04 bits per heavy atom. The van der Waals surface area contributed by atoms with Crippen LogP contribution in [0.15, 0.2) is 24.3 Å². The molecule has 26 heavy (non-hydrogen) atoms. The smallest absolute Gasteiger partial charge is 0.312 e. The number of ketones is 1. The molecule has 2 aromatic rings. The van der Waals surface area contributed by atoms with Gasteiger partial charge in [-0.3, -0.25) is 9.48 Å². The highest BCUT2D eigenvalue weighted by Gasteiger charge is 2.39. The predicted octanol–water partition coefficient (Wildman–Crippen LogP) is 3.96. The molecule has 0 saturated carbocycles. The standard InChI is InChI=1S/C18H19ClF3N3O/c1-11(12-2-4-13(19)5-3-12)8-14(26)10-25-16-6-7-23-9-15(16)17(24-25)18(20,21)22/h2-5,11,23H,6-10H2,1H3. The first-order chi connectivity index (χ1) is 12.3. The monoisotopic (exact) mass is 385 g/mol. The van der Waals surface area contributed by atoms with E-state index in [2.05, 4.69) is 10.4 Å². The molecule has 3 rings (SSSR count). The molecule has 1 aliphatic rings. The number of Topliss-reactive ketones (excluding diaryl/α,β-unsaturated/α-hetero) is 1. The second-order valence-corrected chi connectivity index (χ2v) is 6.99. The first-order valence-electron chi connectivity index (χ1n) is 8.39. The molecule has 1 atom stereocenters. The maximum absolute atomic E-state index is 13.2. The molecule has 1 unspecified atom stereocenters. The Kier molecular flexibility index (Phi) is 5.39. The molecule has 4 nitrogen and oxygen atoms in total. The highest BCUT2D eigenvalue weighted by atomic mass is 35.5. The van der Waals surface area contributed by atoms with Crippen LogP contribution in [0, 0.1) is 0 Å². The van der Waals surface area contributed by atoms with E-state index in [0.717, 1.165) is 5.56 Å². The van der Waals surface area contributed by atoms with E-state index >= 15 is 0 Å². The lowest BCUT2D eigenvalue weighted by molar-refractivity contribution is -0.142. The van der Waals surface area contributed by atoms with E-state index in [-0.39, 0.29) is 36.8 Å². The molecule has 1 aliphatic heterocycles. The highest BCUT2D eigenvalue weighted by Crippen LogP contribution is 2.34. The van der Waals surface area contributed by atoms with Crippen LogP contribution in [0.4, 0.5) is 13.2 Å². The van der Waals surface area contributed by atoms with Crippen molar-refractivity contribution in [2.24, 2.45) is 0 Å². The summed E-state index contributed by atoms with van der Waals surface area (Å²) in [6.45, 7) is 2.46. The Hall–Kier alpha value is -1.86. The molecule has 8 heteroatoms. The minimum absolute atomic E-state index is 0.0464. The first-order valence-corrected chi connectivity index (χ1v) is 8.77. The fourth-order valence-corrected chi connectivity index (χ4v) is 3.39. The van der Waals surface area contributed by atoms with Gasteiger partial charge in [-0.25, -0.2) is 0 Å². The van der Waals surface area contributed by atoms with Gasteiger partial charge in [0.25, 0.3) is 0 Å². The summed E-state index contributed by atoms with van der Waals surface area (Å²) >= 11 is 5.86. The van der Waals surface area contributed by atoms with E-state index in [0.29, 0.717) is 23.7 Å². The normalized spacial score (nSPS) is 15.6. The highest BCUT2D eigenvalue weighted by molar-refractivity contribution is 6.30. The van der Waals surface area contributed by atoms with Gasteiger partial charge in [0.15, 0.2) is 11.5 Å². The predicted molar refractivity (Wildman–Crippen MR) is 92.1 cm³/mol. The van der Waals surface area contributed by atoms with Gasteiger partial charge in [-0.15, -0.1) is 0 Å². The molecule has 1 aromatic heterocycles. The number of rotatable bonds is 5. The lowest BCUT2D eigenvalue weighted by Gasteiger charge is -2.16. The number of nitrogens with zero attached hydrogens (tertiary/aromatic N) is 2. The van der Waals surface area contributed by atoms with E-state index in [1.54, 1.807) is 12.1 Å². The Labute approximate surface area is 154 Å². The van der Waals surface area contributed by atoms with Crippen LogP contribution in [0.5, 0.6) is 0 Å². The average Bonchev–Trinajstić information content (AvgIpc) is 2.94. The first kappa shape index (κ1) is 18.9. The van der Waals surface area contributed by atoms with Gasteiger partial charge < -0.3 is 5.32 Å². The molecular weight excluding hydrogens is 367 g/mol. The van der Waals surface area contributed by atoms with Crippen LogP contribution in [0.1, 0.15) is 41.8 Å². The van der Waals surface area contributed by atoms with E-state index in [1.807, 2.05) is 19.1 Å². The number of alkyl halides is 3. The second kappa shape index (κ2) is 7.40. The summed E-state index contributed by atoms with van der Waals surface area (Å²) in [5.74, 6) is -0.195. The van der Waals surface area contributed by atoms with Crippen molar-refractivity contribution < 1.29 is 18.0 Å². The zero-order valence-electron chi connectivity index (χ0n) is 14.2. The molecule has 0 spiro atoms. The Morgan fingerprint density at radius 3 is 2.69 bits per heavy atom. The molecule has 0 aliphatic carbocycles. The maximum atomic E-state index is 13.2. The van der Waals surface area contributed by atoms with Crippen molar-refractivity contribution in [3.05, 3.63) is 51.8 Å². The number of hydrogen-bond donors (Lipinski definition) is 1. The number of nitrogens with one attached hydrogen (secondary N) is 1. The minimum atomic E-state index is -4.52. The average molecular weight is 386 g/mol. The molecule has 1 N–H and O–H groups in total. The third-order valence-corrected chi connectivity index (χ3v) is 4.83. The van der Waals surface area contributed by atoms with Crippen molar-refractivity contribution in [2.45, 2.75) is 44.9 Å². The van der Waals surface area contributed by atoms with E-state index in [4.69, 9.17) is 11.6 Å². The van der Waals surface area contributed by atoms with Crippen molar-refractivity contribution in [3.63, 3.8) is 0 Å². The van der Waals surface area contributed by atoms with Gasteiger partial charge >= 0.3 is 6.18 Å². The quantitative estimate of drug-likeness (QED) is 0.847. The van der Waals surface area contributed by atoms with Crippen LogP contribution in [-0.4, -0.2) is 22.1 Å². The third-order valence-electron chi connectivity index (χ3n) is 4.57. The minimum Gasteiger partial charge on any atom is -0.312 e. The number of hydrogen-bond acceptors (Lipinski definition) is 3. The third kappa shape index (κ3) is 4.10.